The van der Waals surface area contributed by atoms with Crippen LogP contribution in [0.4, 0.5) is 0 Å². The Balaban J connectivity index is 2.81. The molecule has 0 saturated carbocycles. The molecule has 78 valence electrons. The molecule has 0 aromatic carbocycles. The lowest BCUT2D eigenvalue weighted by molar-refractivity contribution is 0.0519. The average molecular weight is 214 g/mol. The fourth-order valence-electron chi connectivity index (χ4n) is 1.07. The molecule has 0 aliphatic rings. The van der Waals surface area contributed by atoms with Gasteiger partial charge in [0, 0.05) is 11.4 Å². The van der Waals surface area contributed by atoms with Crippen molar-refractivity contribution in [3.05, 3.63) is 15.6 Å². The highest BCUT2D eigenvalue weighted by Crippen LogP contribution is 2.17. The molecule has 1 heterocycles. The summed E-state index contributed by atoms with van der Waals surface area (Å²) >= 11 is 1.52. The Morgan fingerprint density at radius 2 is 2.36 bits per heavy atom. The second-order valence-electron chi connectivity index (χ2n) is 2.76. The molecule has 0 amide bonds. The van der Waals surface area contributed by atoms with E-state index in [9.17, 15) is 4.79 Å². The molecule has 0 fully saturated rings. The smallest absolute Gasteiger partial charge is 0.358 e. The number of nitrogens with zero attached hydrogens (tertiary/aromatic N) is 1. The van der Waals surface area contributed by atoms with Crippen molar-refractivity contribution in [1.82, 2.24) is 10.3 Å². The molecule has 1 aromatic heterocycles. The Morgan fingerprint density at radius 1 is 1.64 bits per heavy atom. The van der Waals surface area contributed by atoms with Crippen molar-refractivity contribution in [2.75, 3.05) is 13.7 Å². The summed E-state index contributed by atoms with van der Waals surface area (Å²) in [4.78, 5) is 16.5. The standard InChI is InChI=1S/C9H14N2O2S/c1-4-13-9(12)8-6(2)14-7(11-8)5-10-3/h10H,4-5H2,1-3H3. The number of hydrogen-bond donors (Lipinski definition) is 1. The molecule has 0 saturated heterocycles. The summed E-state index contributed by atoms with van der Waals surface area (Å²) < 4.78 is 4.89. The van der Waals surface area contributed by atoms with E-state index in [4.69, 9.17) is 4.74 Å². The molecule has 0 radical (unpaired) electrons. The Labute approximate surface area is 87.3 Å². The molecule has 4 nitrogen and oxygen atoms in total. The molecule has 0 atom stereocenters. The van der Waals surface area contributed by atoms with E-state index in [1.807, 2.05) is 14.0 Å². The van der Waals surface area contributed by atoms with Crippen molar-refractivity contribution in [3.8, 4) is 0 Å². The van der Waals surface area contributed by atoms with Crippen LogP contribution in [-0.4, -0.2) is 24.6 Å². The van der Waals surface area contributed by atoms with Gasteiger partial charge in [0.1, 0.15) is 5.01 Å². The zero-order valence-electron chi connectivity index (χ0n) is 8.59. The summed E-state index contributed by atoms with van der Waals surface area (Å²) in [6.45, 7) is 4.74. The zero-order valence-corrected chi connectivity index (χ0v) is 9.40. The van der Waals surface area contributed by atoms with Gasteiger partial charge in [-0.25, -0.2) is 9.78 Å². The van der Waals surface area contributed by atoms with Crippen LogP contribution in [0.3, 0.4) is 0 Å². The van der Waals surface area contributed by atoms with Gasteiger partial charge in [-0.3, -0.25) is 0 Å². The SMILES string of the molecule is CCOC(=O)c1nc(CNC)sc1C. The van der Waals surface area contributed by atoms with Crippen molar-refractivity contribution >= 4 is 17.3 Å². The number of hydrogen-bond acceptors (Lipinski definition) is 5. The van der Waals surface area contributed by atoms with Crippen molar-refractivity contribution in [2.24, 2.45) is 0 Å². The van der Waals surface area contributed by atoms with Gasteiger partial charge in [0.05, 0.1) is 6.61 Å². The summed E-state index contributed by atoms with van der Waals surface area (Å²) in [5.74, 6) is -0.330. The molecular formula is C9H14N2O2S. The van der Waals surface area contributed by atoms with Gasteiger partial charge < -0.3 is 10.1 Å². The first-order chi connectivity index (χ1) is 6.69. The van der Waals surface area contributed by atoms with Crippen LogP contribution >= 0.6 is 11.3 Å². The molecule has 0 bridgehead atoms. The minimum Gasteiger partial charge on any atom is -0.461 e. The molecule has 0 aliphatic heterocycles. The first kappa shape index (κ1) is 11.1. The van der Waals surface area contributed by atoms with Gasteiger partial charge in [0.25, 0.3) is 0 Å². The minimum absolute atomic E-state index is 0.330. The molecule has 1 aromatic rings. The zero-order chi connectivity index (χ0) is 10.6. The van der Waals surface area contributed by atoms with Crippen LogP contribution in [0.1, 0.15) is 27.3 Å². The number of esters is 1. The van der Waals surface area contributed by atoms with Crippen LogP contribution in [0.25, 0.3) is 0 Å². The van der Waals surface area contributed by atoms with Gasteiger partial charge in [-0.1, -0.05) is 0 Å². The Kier molecular flexibility index (Phi) is 4.03. The maximum atomic E-state index is 11.4. The maximum absolute atomic E-state index is 11.4. The van der Waals surface area contributed by atoms with Crippen molar-refractivity contribution in [2.45, 2.75) is 20.4 Å². The lowest BCUT2D eigenvalue weighted by atomic mass is 10.4. The molecule has 1 N–H and O–H groups in total. The third-order valence-electron chi connectivity index (χ3n) is 1.64. The van der Waals surface area contributed by atoms with Gasteiger partial charge in [-0.05, 0) is 20.9 Å². The highest BCUT2D eigenvalue weighted by Gasteiger charge is 2.15. The van der Waals surface area contributed by atoms with Crippen LogP contribution in [-0.2, 0) is 11.3 Å². The van der Waals surface area contributed by atoms with Crippen LogP contribution in [0.15, 0.2) is 0 Å². The first-order valence-electron chi connectivity index (χ1n) is 4.47. The molecule has 1 rings (SSSR count). The fourth-order valence-corrected chi connectivity index (χ4v) is 2.00. The van der Waals surface area contributed by atoms with E-state index in [1.54, 1.807) is 6.92 Å². The summed E-state index contributed by atoms with van der Waals surface area (Å²) in [5, 5.41) is 3.90. The Morgan fingerprint density at radius 3 is 2.93 bits per heavy atom. The van der Waals surface area contributed by atoms with E-state index < -0.39 is 0 Å². The fraction of sp³-hybridized carbons (Fsp3) is 0.556. The molecule has 0 unspecified atom stereocenters. The molecular weight excluding hydrogens is 200 g/mol. The van der Waals surface area contributed by atoms with E-state index in [0.717, 1.165) is 9.88 Å². The van der Waals surface area contributed by atoms with E-state index in [-0.39, 0.29) is 5.97 Å². The highest BCUT2D eigenvalue weighted by atomic mass is 32.1. The predicted octanol–water partition coefficient (Wildman–Crippen LogP) is 1.35. The third-order valence-corrected chi connectivity index (χ3v) is 2.61. The number of carbonyl (C=O) groups excluding carboxylic acids is 1. The molecule has 5 heteroatoms. The monoisotopic (exact) mass is 214 g/mol. The molecule has 0 aliphatic carbocycles. The minimum atomic E-state index is -0.330. The lowest BCUT2D eigenvalue weighted by Gasteiger charge is -1.97. The van der Waals surface area contributed by atoms with Crippen molar-refractivity contribution < 1.29 is 9.53 Å². The quantitative estimate of drug-likeness (QED) is 0.769. The van der Waals surface area contributed by atoms with Gasteiger partial charge in [0.15, 0.2) is 5.69 Å². The Hall–Kier alpha value is -0.940. The summed E-state index contributed by atoms with van der Waals surface area (Å²) in [6, 6.07) is 0. The summed E-state index contributed by atoms with van der Waals surface area (Å²) in [5.41, 5.74) is 0.446. The number of aromatic nitrogens is 1. The topological polar surface area (TPSA) is 51.2 Å². The number of thiazole rings is 1. The van der Waals surface area contributed by atoms with E-state index >= 15 is 0 Å². The van der Waals surface area contributed by atoms with Gasteiger partial charge in [-0.15, -0.1) is 11.3 Å². The largest absolute Gasteiger partial charge is 0.461 e. The first-order valence-corrected chi connectivity index (χ1v) is 5.28. The van der Waals surface area contributed by atoms with Crippen molar-refractivity contribution in [3.63, 3.8) is 0 Å². The number of rotatable bonds is 4. The number of ether oxygens (including phenoxy) is 1. The second kappa shape index (κ2) is 5.07. The van der Waals surface area contributed by atoms with E-state index in [1.165, 1.54) is 11.3 Å². The van der Waals surface area contributed by atoms with Gasteiger partial charge >= 0.3 is 5.97 Å². The van der Waals surface area contributed by atoms with Crippen LogP contribution < -0.4 is 5.32 Å². The van der Waals surface area contributed by atoms with Crippen LogP contribution in [0.2, 0.25) is 0 Å². The second-order valence-corrected chi connectivity index (χ2v) is 4.05. The highest BCUT2D eigenvalue weighted by molar-refractivity contribution is 7.11. The maximum Gasteiger partial charge on any atom is 0.358 e. The van der Waals surface area contributed by atoms with Crippen molar-refractivity contribution in [1.29, 1.82) is 0 Å². The third kappa shape index (κ3) is 2.52. The molecule has 14 heavy (non-hydrogen) atoms. The van der Waals surface area contributed by atoms with Gasteiger partial charge in [-0.2, -0.15) is 0 Å². The predicted molar refractivity (Wildman–Crippen MR) is 55.6 cm³/mol. The normalized spacial score (nSPS) is 10.2. The van der Waals surface area contributed by atoms with Gasteiger partial charge in [0.2, 0.25) is 0 Å². The molecule has 0 spiro atoms. The number of carbonyl (C=O) groups is 1. The summed E-state index contributed by atoms with van der Waals surface area (Å²) in [7, 11) is 1.85. The van der Waals surface area contributed by atoms with E-state index in [0.29, 0.717) is 18.8 Å². The van der Waals surface area contributed by atoms with Crippen LogP contribution in [0, 0.1) is 6.92 Å². The van der Waals surface area contributed by atoms with E-state index in [2.05, 4.69) is 10.3 Å². The lowest BCUT2D eigenvalue weighted by Crippen LogP contribution is -2.08. The van der Waals surface area contributed by atoms with Crippen LogP contribution in [0.5, 0.6) is 0 Å². The average Bonchev–Trinajstić information content (AvgIpc) is 2.48. The number of aryl methyl sites for hydroxylation is 1. The number of nitrogens with one attached hydrogen (secondary N) is 1. The summed E-state index contributed by atoms with van der Waals surface area (Å²) in [6.07, 6.45) is 0. The Bertz CT molecular complexity index is 323.